The first-order valence-electron chi connectivity index (χ1n) is 7.69. The molecule has 0 aliphatic heterocycles. The molecule has 1 aromatic rings. The molecule has 120 valence electrons. The van der Waals surface area contributed by atoms with E-state index in [4.69, 9.17) is 4.74 Å². The topological polar surface area (TPSA) is 55.4 Å². The van der Waals surface area contributed by atoms with Crippen molar-refractivity contribution in [3.63, 3.8) is 0 Å². The summed E-state index contributed by atoms with van der Waals surface area (Å²) >= 11 is 0. The van der Waals surface area contributed by atoms with Gasteiger partial charge < -0.3 is 10.1 Å². The lowest BCUT2D eigenvalue weighted by Gasteiger charge is -2.17. The molecule has 1 atom stereocenters. The van der Waals surface area contributed by atoms with Crippen LogP contribution < -0.4 is 10.1 Å². The predicted molar refractivity (Wildman–Crippen MR) is 87.6 cm³/mol. The molecule has 0 saturated heterocycles. The molecule has 0 aliphatic carbocycles. The van der Waals surface area contributed by atoms with Gasteiger partial charge in [0.2, 0.25) is 0 Å². The van der Waals surface area contributed by atoms with Crippen LogP contribution in [0, 0.1) is 0 Å². The largest absolute Gasteiger partial charge is 0.493 e. The summed E-state index contributed by atoms with van der Waals surface area (Å²) in [5.74, 6) is 0.952. The summed E-state index contributed by atoms with van der Waals surface area (Å²) in [6, 6.07) is 8.26. The monoisotopic (exact) mass is 313 g/mol. The molecule has 0 fully saturated rings. The average molecular weight is 313 g/mol. The van der Waals surface area contributed by atoms with Gasteiger partial charge in [0.05, 0.1) is 5.75 Å². The number of rotatable bonds is 10. The molecule has 0 heterocycles. The average Bonchev–Trinajstić information content (AvgIpc) is 2.49. The molecule has 0 amide bonds. The van der Waals surface area contributed by atoms with Crippen LogP contribution in [0.4, 0.5) is 0 Å². The van der Waals surface area contributed by atoms with Gasteiger partial charge in [0.15, 0.2) is 9.84 Å². The summed E-state index contributed by atoms with van der Waals surface area (Å²) in [6.07, 6.45) is 2.15. The Labute approximate surface area is 128 Å². The van der Waals surface area contributed by atoms with E-state index in [9.17, 15) is 8.42 Å². The fraction of sp³-hybridized carbons (Fsp3) is 0.625. The Morgan fingerprint density at radius 2 is 1.81 bits per heavy atom. The number of benzene rings is 1. The highest BCUT2D eigenvalue weighted by Gasteiger charge is 2.09. The fourth-order valence-electron chi connectivity index (χ4n) is 2.04. The second kappa shape index (κ2) is 9.05. The first-order chi connectivity index (χ1) is 10.0. The van der Waals surface area contributed by atoms with E-state index >= 15 is 0 Å². The van der Waals surface area contributed by atoms with Crippen molar-refractivity contribution in [1.29, 1.82) is 0 Å². The third-order valence-corrected chi connectivity index (χ3v) is 5.10. The SMILES string of the molecule is CCCNC(CC)c1ccc(OCCS(=O)(=O)CC)cc1. The second-order valence-electron chi connectivity index (χ2n) is 5.07. The zero-order valence-electron chi connectivity index (χ0n) is 13.3. The van der Waals surface area contributed by atoms with Crippen LogP contribution in [0.25, 0.3) is 0 Å². The molecule has 5 heteroatoms. The molecule has 0 bridgehead atoms. The van der Waals surface area contributed by atoms with Gasteiger partial charge in [0, 0.05) is 11.8 Å². The van der Waals surface area contributed by atoms with Gasteiger partial charge in [0.25, 0.3) is 0 Å². The normalized spacial score (nSPS) is 13.1. The minimum Gasteiger partial charge on any atom is -0.493 e. The Morgan fingerprint density at radius 1 is 1.14 bits per heavy atom. The van der Waals surface area contributed by atoms with Crippen molar-refractivity contribution >= 4 is 9.84 Å². The zero-order valence-corrected chi connectivity index (χ0v) is 14.1. The van der Waals surface area contributed by atoms with Crippen molar-refractivity contribution in [3.05, 3.63) is 29.8 Å². The zero-order chi connectivity index (χ0) is 15.7. The maximum absolute atomic E-state index is 11.4. The molecule has 0 aromatic heterocycles. The van der Waals surface area contributed by atoms with Crippen LogP contribution in [-0.4, -0.2) is 33.1 Å². The Balaban J connectivity index is 2.53. The van der Waals surface area contributed by atoms with Gasteiger partial charge in [-0.1, -0.05) is 32.9 Å². The number of sulfone groups is 1. The molecule has 4 nitrogen and oxygen atoms in total. The third kappa shape index (κ3) is 6.48. The Morgan fingerprint density at radius 3 is 2.33 bits per heavy atom. The van der Waals surface area contributed by atoms with Gasteiger partial charge in [-0.3, -0.25) is 0 Å². The van der Waals surface area contributed by atoms with Crippen molar-refractivity contribution in [1.82, 2.24) is 5.32 Å². The highest BCUT2D eigenvalue weighted by Crippen LogP contribution is 2.20. The van der Waals surface area contributed by atoms with E-state index in [2.05, 4.69) is 19.2 Å². The molecule has 1 aromatic carbocycles. The van der Waals surface area contributed by atoms with Crippen LogP contribution in [0.3, 0.4) is 0 Å². The van der Waals surface area contributed by atoms with Crippen molar-refractivity contribution in [2.75, 3.05) is 24.7 Å². The van der Waals surface area contributed by atoms with Gasteiger partial charge >= 0.3 is 0 Å². The molecular weight excluding hydrogens is 286 g/mol. The van der Waals surface area contributed by atoms with E-state index < -0.39 is 9.84 Å². The van der Waals surface area contributed by atoms with Crippen molar-refractivity contribution in [2.45, 2.75) is 39.7 Å². The summed E-state index contributed by atoms with van der Waals surface area (Å²) in [4.78, 5) is 0. The molecule has 1 N–H and O–H groups in total. The quantitative estimate of drug-likeness (QED) is 0.721. The Bertz CT molecular complexity index is 497. The second-order valence-corrected chi connectivity index (χ2v) is 7.54. The van der Waals surface area contributed by atoms with Crippen LogP contribution in [0.15, 0.2) is 24.3 Å². The van der Waals surface area contributed by atoms with Crippen molar-refractivity contribution in [2.24, 2.45) is 0 Å². The molecule has 0 spiro atoms. The summed E-state index contributed by atoms with van der Waals surface area (Å²) in [5, 5.41) is 3.51. The van der Waals surface area contributed by atoms with Crippen molar-refractivity contribution in [3.8, 4) is 5.75 Å². The number of hydrogen-bond acceptors (Lipinski definition) is 4. The van der Waals surface area contributed by atoms with E-state index in [-0.39, 0.29) is 18.1 Å². The lowest BCUT2D eigenvalue weighted by molar-refractivity contribution is 0.340. The Kier molecular flexibility index (Phi) is 7.75. The highest BCUT2D eigenvalue weighted by molar-refractivity contribution is 7.91. The van der Waals surface area contributed by atoms with Crippen LogP contribution in [0.2, 0.25) is 0 Å². The third-order valence-electron chi connectivity index (χ3n) is 3.43. The number of hydrogen-bond donors (Lipinski definition) is 1. The lowest BCUT2D eigenvalue weighted by Crippen LogP contribution is -2.21. The first-order valence-corrected chi connectivity index (χ1v) is 9.51. The number of nitrogens with one attached hydrogen (secondary N) is 1. The maximum Gasteiger partial charge on any atom is 0.153 e. The van der Waals surface area contributed by atoms with Gasteiger partial charge in [0.1, 0.15) is 12.4 Å². The maximum atomic E-state index is 11.4. The summed E-state index contributed by atoms with van der Waals surface area (Å²) in [5.41, 5.74) is 1.24. The molecule has 0 aliphatic rings. The van der Waals surface area contributed by atoms with E-state index in [1.165, 1.54) is 5.56 Å². The Hall–Kier alpha value is -1.07. The van der Waals surface area contributed by atoms with Gasteiger partial charge in [-0.15, -0.1) is 0 Å². The molecule has 0 radical (unpaired) electrons. The standard InChI is InChI=1S/C16H27NO3S/c1-4-11-17-16(5-2)14-7-9-15(10-8-14)20-12-13-21(18,19)6-3/h7-10,16-17H,4-6,11-13H2,1-3H3. The molecule has 1 unspecified atom stereocenters. The van der Waals surface area contributed by atoms with E-state index in [0.717, 1.165) is 25.1 Å². The first kappa shape index (κ1) is 18.0. The molecular formula is C16H27NO3S. The predicted octanol–water partition coefficient (Wildman–Crippen LogP) is 2.95. The van der Waals surface area contributed by atoms with Crippen molar-refractivity contribution < 1.29 is 13.2 Å². The molecule has 1 rings (SSSR count). The van der Waals surface area contributed by atoms with Gasteiger partial charge in [-0.2, -0.15) is 0 Å². The van der Waals surface area contributed by atoms with Gasteiger partial charge in [-0.25, -0.2) is 8.42 Å². The van der Waals surface area contributed by atoms with E-state index in [1.807, 2.05) is 24.3 Å². The molecule has 21 heavy (non-hydrogen) atoms. The lowest BCUT2D eigenvalue weighted by atomic mass is 10.0. The minimum absolute atomic E-state index is 0.0703. The van der Waals surface area contributed by atoms with Crippen LogP contribution in [0.5, 0.6) is 5.75 Å². The number of ether oxygens (including phenoxy) is 1. The fourth-order valence-corrected chi connectivity index (χ4v) is 2.67. The smallest absolute Gasteiger partial charge is 0.153 e. The van der Waals surface area contributed by atoms with Gasteiger partial charge in [-0.05, 0) is 37.1 Å². The summed E-state index contributed by atoms with van der Waals surface area (Å²) < 4.78 is 28.3. The van der Waals surface area contributed by atoms with E-state index in [1.54, 1.807) is 6.92 Å². The van der Waals surface area contributed by atoms with Crippen LogP contribution >= 0.6 is 0 Å². The van der Waals surface area contributed by atoms with Crippen LogP contribution in [-0.2, 0) is 9.84 Å². The highest BCUT2D eigenvalue weighted by atomic mass is 32.2. The minimum atomic E-state index is -2.96. The molecule has 0 saturated carbocycles. The summed E-state index contributed by atoms with van der Waals surface area (Å²) in [6.45, 7) is 7.18. The van der Waals surface area contributed by atoms with E-state index in [0.29, 0.717) is 6.04 Å². The summed E-state index contributed by atoms with van der Waals surface area (Å²) in [7, 11) is -2.96. The van der Waals surface area contributed by atoms with Crippen LogP contribution in [0.1, 0.15) is 45.2 Å².